The van der Waals surface area contributed by atoms with Gasteiger partial charge in [0.05, 0.1) is 6.04 Å². The maximum absolute atomic E-state index is 11.7. The second-order valence-corrected chi connectivity index (χ2v) is 4.73. The molecule has 0 saturated carbocycles. The lowest BCUT2D eigenvalue weighted by Crippen LogP contribution is -2.52. The number of amides is 2. The van der Waals surface area contributed by atoms with E-state index >= 15 is 0 Å². The van der Waals surface area contributed by atoms with Gasteiger partial charge in [0.1, 0.15) is 0 Å². The number of likely N-dealkylation sites (tertiary alicyclic amines) is 1. The molecule has 0 bridgehead atoms. The summed E-state index contributed by atoms with van der Waals surface area (Å²) in [6, 6.07) is -0.370. The van der Waals surface area contributed by atoms with Gasteiger partial charge in [-0.15, -0.1) is 12.4 Å². The Morgan fingerprint density at radius 3 is 2.72 bits per heavy atom. The molecule has 0 aromatic carbocycles. The van der Waals surface area contributed by atoms with Crippen LogP contribution in [0.25, 0.3) is 0 Å². The number of hydrogen-bond acceptors (Lipinski definition) is 3. The Labute approximate surface area is 115 Å². The molecule has 3 N–H and O–H groups in total. The highest BCUT2D eigenvalue weighted by Crippen LogP contribution is 2.11. The van der Waals surface area contributed by atoms with Gasteiger partial charge in [0.2, 0.25) is 11.8 Å². The second kappa shape index (κ2) is 8.32. The highest BCUT2D eigenvalue weighted by Gasteiger charge is 2.25. The third-order valence-corrected chi connectivity index (χ3v) is 2.96. The molecule has 0 radical (unpaired) electrons. The summed E-state index contributed by atoms with van der Waals surface area (Å²) in [5.41, 5.74) is 5.58. The zero-order chi connectivity index (χ0) is 12.8. The van der Waals surface area contributed by atoms with Crippen molar-refractivity contribution in [1.29, 1.82) is 0 Å². The Morgan fingerprint density at radius 2 is 2.17 bits per heavy atom. The van der Waals surface area contributed by atoms with Gasteiger partial charge in [-0.3, -0.25) is 9.59 Å². The maximum atomic E-state index is 11.7. The molecule has 1 aliphatic heterocycles. The van der Waals surface area contributed by atoms with E-state index in [9.17, 15) is 9.59 Å². The van der Waals surface area contributed by atoms with Crippen molar-refractivity contribution in [1.82, 2.24) is 10.2 Å². The van der Waals surface area contributed by atoms with Gasteiger partial charge in [-0.1, -0.05) is 6.92 Å². The monoisotopic (exact) mass is 277 g/mol. The summed E-state index contributed by atoms with van der Waals surface area (Å²) in [5, 5.41) is 2.97. The van der Waals surface area contributed by atoms with E-state index in [0.717, 1.165) is 25.8 Å². The topological polar surface area (TPSA) is 75.4 Å². The highest BCUT2D eigenvalue weighted by molar-refractivity contribution is 5.85. The van der Waals surface area contributed by atoms with E-state index in [4.69, 9.17) is 5.73 Å². The number of nitrogens with zero attached hydrogens (tertiary/aromatic N) is 1. The van der Waals surface area contributed by atoms with Crippen LogP contribution in [0.4, 0.5) is 0 Å². The maximum Gasteiger partial charge on any atom is 0.239 e. The zero-order valence-corrected chi connectivity index (χ0v) is 12.0. The summed E-state index contributed by atoms with van der Waals surface area (Å²) in [5.74, 6) is 0.0482. The van der Waals surface area contributed by atoms with Crippen molar-refractivity contribution >= 4 is 24.2 Å². The summed E-state index contributed by atoms with van der Waals surface area (Å²) in [7, 11) is 0. The molecule has 1 fully saturated rings. The third kappa shape index (κ3) is 5.23. The Balaban J connectivity index is 0.00000289. The van der Waals surface area contributed by atoms with Crippen molar-refractivity contribution in [3.63, 3.8) is 0 Å². The minimum atomic E-state index is -0.458. The van der Waals surface area contributed by atoms with Crippen LogP contribution in [0, 0.1) is 0 Å². The van der Waals surface area contributed by atoms with E-state index in [1.54, 1.807) is 11.8 Å². The molecule has 0 aromatic heterocycles. The molecule has 1 unspecified atom stereocenters. The number of halogens is 1. The van der Waals surface area contributed by atoms with Crippen molar-refractivity contribution in [3.8, 4) is 0 Å². The Bertz CT molecular complexity index is 284. The van der Waals surface area contributed by atoms with Gasteiger partial charge in [-0.2, -0.15) is 0 Å². The fourth-order valence-electron chi connectivity index (χ4n) is 2.11. The van der Waals surface area contributed by atoms with Crippen molar-refractivity contribution in [2.24, 2.45) is 5.73 Å². The van der Waals surface area contributed by atoms with Gasteiger partial charge in [0.25, 0.3) is 0 Å². The van der Waals surface area contributed by atoms with Crippen LogP contribution in [0.1, 0.15) is 39.5 Å². The molecule has 106 valence electrons. The molecule has 0 spiro atoms. The summed E-state index contributed by atoms with van der Waals surface area (Å²) >= 11 is 0. The molecule has 1 aliphatic rings. The smallest absolute Gasteiger partial charge is 0.239 e. The summed E-state index contributed by atoms with van der Waals surface area (Å²) in [6.07, 6.45) is 3.27. The van der Waals surface area contributed by atoms with Gasteiger partial charge in [-0.25, -0.2) is 0 Å². The standard InChI is InChI=1S/C12H23N3O2.ClH/c1-3-5-11(16)14-10-6-4-7-15(8-10)12(17)9(2)13;/h9-10H,3-8,13H2,1-2H3,(H,14,16);1H/t9-,10?;/m0./s1. The number of carbonyl (C=O) groups excluding carboxylic acids is 2. The molecule has 1 heterocycles. The zero-order valence-electron chi connectivity index (χ0n) is 11.1. The van der Waals surface area contributed by atoms with Gasteiger partial charge >= 0.3 is 0 Å². The number of nitrogens with two attached hydrogens (primary N) is 1. The lowest BCUT2D eigenvalue weighted by Gasteiger charge is -2.34. The molecule has 5 nitrogen and oxygen atoms in total. The van der Waals surface area contributed by atoms with Crippen molar-refractivity contribution in [3.05, 3.63) is 0 Å². The fourth-order valence-corrected chi connectivity index (χ4v) is 2.11. The Morgan fingerprint density at radius 1 is 1.50 bits per heavy atom. The first-order chi connectivity index (χ1) is 8.04. The summed E-state index contributed by atoms with van der Waals surface area (Å²) < 4.78 is 0. The molecular formula is C12H24ClN3O2. The largest absolute Gasteiger partial charge is 0.352 e. The average molecular weight is 278 g/mol. The second-order valence-electron chi connectivity index (χ2n) is 4.73. The minimum Gasteiger partial charge on any atom is -0.352 e. The SMILES string of the molecule is CCCC(=O)NC1CCCN(C(=O)[C@H](C)N)C1.Cl. The van der Waals surface area contributed by atoms with E-state index in [2.05, 4.69) is 5.32 Å². The van der Waals surface area contributed by atoms with Gasteiger partial charge in [0.15, 0.2) is 0 Å². The molecule has 1 saturated heterocycles. The van der Waals surface area contributed by atoms with E-state index in [0.29, 0.717) is 13.0 Å². The molecule has 0 aromatic rings. The lowest BCUT2D eigenvalue weighted by molar-refractivity contribution is -0.134. The predicted octanol–water partition coefficient (Wildman–Crippen LogP) is 0.663. The fraction of sp³-hybridized carbons (Fsp3) is 0.833. The van der Waals surface area contributed by atoms with Crippen LogP contribution in [0.5, 0.6) is 0 Å². The third-order valence-electron chi connectivity index (χ3n) is 2.96. The number of piperidine rings is 1. The first-order valence-corrected chi connectivity index (χ1v) is 6.38. The van der Waals surface area contributed by atoms with E-state index < -0.39 is 6.04 Å². The highest BCUT2D eigenvalue weighted by atomic mass is 35.5. The van der Waals surface area contributed by atoms with Crippen molar-refractivity contribution < 1.29 is 9.59 Å². The Hall–Kier alpha value is -0.810. The lowest BCUT2D eigenvalue weighted by atomic mass is 10.0. The Kier molecular flexibility index (Phi) is 7.95. The number of rotatable bonds is 4. The van der Waals surface area contributed by atoms with Gasteiger partial charge in [-0.05, 0) is 26.2 Å². The van der Waals surface area contributed by atoms with Crippen LogP contribution in [-0.2, 0) is 9.59 Å². The molecule has 18 heavy (non-hydrogen) atoms. The summed E-state index contributed by atoms with van der Waals surface area (Å²) in [6.45, 7) is 5.02. The molecule has 6 heteroatoms. The summed E-state index contributed by atoms with van der Waals surface area (Å²) in [4.78, 5) is 25.0. The first kappa shape index (κ1) is 17.2. The predicted molar refractivity (Wildman–Crippen MR) is 73.6 cm³/mol. The average Bonchev–Trinajstić information content (AvgIpc) is 2.28. The molecule has 2 atom stereocenters. The molecular weight excluding hydrogens is 254 g/mol. The van der Waals surface area contributed by atoms with E-state index in [1.165, 1.54) is 0 Å². The van der Waals surface area contributed by atoms with Crippen LogP contribution in [0.15, 0.2) is 0 Å². The normalized spacial score (nSPS) is 20.8. The van der Waals surface area contributed by atoms with E-state index in [-0.39, 0.29) is 30.3 Å². The van der Waals surface area contributed by atoms with Crippen molar-refractivity contribution in [2.45, 2.75) is 51.6 Å². The van der Waals surface area contributed by atoms with Crippen LogP contribution in [0.2, 0.25) is 0 Å². The van der Waals surface area contributed by atoms with Crippen LogP contribution in [-0.4, -0.2) is 41.9 Å². The number of nitrogens with one attached hydrogen (secondary N) is 1. The quantitative estimate of drug-likeness (QED) is 0.793. The van der Waals surface area contributed by atoms with Crippen LogP contribution in [0.3, 0.4) is 0 Å². The van der Waals surface area contributed by atoms with E-state index in [1.807, 2.05) is 6.92 Å². The van der Waals surface area contributed by atoms with Gasteiger partial charge < -0.3 is 16.0 Å². The molecule has 2 amide bonds. The first-order valence-electron chi connectivity index (χ1n) is 6.38. The van der Waals surface area contributed by atoms with Gasteiger partial charge in [0, 0.05) is 25.6 Å². The molecule has 1 rings (SSSR count). The number of hydrogen-bond donors (Lipinski definition) is 2. The van der Waals surface area contributed by atoms with Crippen LogP contribution < -0.4 is 11.1 Å². The number of carbonyl (C=O) groups is 2. The van der Waals surface area contributed by atoms with Crippen LogP contribution >= 0.6 is 12.4 Å². The van der Waals surface area contributed by atoms with Crippen molar-refractivity contribution in [2.75, 3.05) is 13.1 Å². The minimum absolute atomic E-state index is 0. The molecule has 0 aliphatic carbocycles.